The van der Waals surface area contributed by atoms with Gasteiger partial charge in [-0.05, 0) is 63.3 Å². The topological polar surface area (TPSA) is 29.3 Å². The first kappa shape index (κ1) is 14.3. The summed E-state index contributed by atoms with van der Waals surface area (Å²) in [5.74, 6) is 2.66. The standard InChI is InChI=1S/C16H32N2/c1-12(2)14-9-16(10-14,11-17)18(4)15-7-5-13(3)6-8-15/h12-15H,5-11,17H2,1-4H3. The minimum atomic E-state index is 0.334. The first-order valence-electron chi connectivity index (χ1n) is 7.91. The highest BCUT2D eigenvalue weighted by Crippen LogP contribution is 2.47. The van der Waals surface area contributed by atoms with Crippen molar-refractivity contribution in [1.82, 2.24) is 4.90 Å². The van der Waals surface area contributed by atoms with Gasteiger partial charge in [0.15, 0.2) is 0 Å². The lowest BCUT2D eigenvalue weighted by Gasteiger charge is -2.57. The van der Waals surface area contributed by atoms with Gasteiger partial charge < -0.3 is 5.73 Å². The number of nitrogens with two attached hydrogens (primary N) is 1. The average Bonchev–Trinajstić information content (AvgIpc) is 2.28. The first-order valence-corrected chi connectivity index (χ1v) is 7.91. The molecule has 2 fully saturated rings. The van der Waals surface area contributed by atoms with Gasteiger partial charge in [-0.3, -0.25) is 4.90 Å². The van der Waals surface area contributed by atoms with Crippen molar-refractivity contribution in [2.45, 2.75) is 70.9 Å². The van der Waals surface area contributed by atoms with Crippen LogP contribution in [0.4, 0.5) is 0 Å². The highest BCUT2D eigenvalue weighted by molar-refractivity contribution is 5.05. The summed E-state index contributed by atoms with van der Waals surface area (Å²) < 4.78 is 0. The van der Waals surface area contributed by atoms with E-state index in [4.69, 9.17) is 5.73 Å². The van der Waals surface area contributed by atoms with Crippen molar-refractivity contribution in [1.29, 1.82) is 0 Å². The second-order valence-corrected chi connectivity index (χ2v) is 7.37. The third-order valence-corrected chi connectivity index (χ3v) is 5.89. The summed E-state index contributed by atoms with van der Waals surface area (Å²) in [5, 5.41) is 0. The average molecular weight is 252 g/mol. The van der Waals surface area contributed by atoms with Crippen LogP contribution >= 0.6 is 0 Å². The lowest BCUT2D eigenvalue weighted by molar-refractivity contribution is -0.0527. The molecule has 106 valence electrons. The van der Waals surface area contributed by atoms with E-state index in [0.717, 1.165) is 30.3 Å². The van der Waals surface area contributed by atoms with Crippen LogP contribution in [0.1, 0.15) is 59.3 Å². The maximum absolute atomic E-state index is 6.12. The second kappa shape index (κ2) is 5.50. The number of hydrogen-bond donors (Lipinski definition) is 1. The van der Waals surface area contributed by atoms with Gasteiger partial charge >= 0.3 is 0 Å². The van der Waals surface area contributed by atoms with Gasteiger partial charge in [-0.1, -0.05) is 20.8 Å². The molecule has 0 aromatic rings. The molecule has 0 aromatic carbocycles. The minimum Gasteiger partial charge on any atom is -0.329 e. The fourth-order valence-electron chi connectivity index (χ4n) is 4.00. The molecule has 0 atom stereocenters. The molecule has 0 aromatic heterocycles. The molecule has 2 N–H and O–H groups in total. The number of likely N-dealkylation sites (N-methyl/N-ethyl adjacent to an activating group) is 1. The van der Waals surface area contributed by atoms with Crippen molar-refractivity contribution in [3.05, 3.63) is 0 Å². The summed E-state index contributed by atoms with van der Waals surface area (Å²) in [7, 11) is 2.34. The Kier molecular flexibility index (Phi) is 4.38. The molecule has 2 nitrogen and oxygen atoms in total. The van der Waals surface area contributed by atoms with E-state index in [2.05, 4.69) is 32.7 Å². The summed E-state index contributed by atoms with van der Waals surface area (Å²) >= 11 is 0. The Morgan fingerprint density at radius 1 is 1.17 bits per heavy atom. The molecule has 2 aliphatic carbocycles. The lowest BCUT2D eigenvalue weighted by Crippen LogP contribution is -2.64. The molecule has 0 radical (unpaired) electrons. The van der Waals surface area contributed by atoms with Crippen LogP contribution in [0.25, 0.3) is 0 Å². The Hall–Kier alpha value is -0.0800. The van der Waals surface area contributed by atoms with Gasteiger partial charge in [-0.15, -0.1) is 0 Å². The quantitative estimate of drug-likeness (QED) is 0.832. The Morgan fingerprint density at radius 2 is 1.72 bits per heavy atom. The Labute approximate surface area is 113 Å². The van der Waals surface area contributed by atoms with Gasteiger partial charge in [-0.25, -0.2) is 0 Å². The van der Waals surface area contributed by atoms with Crippen LogP contribution < -0.4 is 5.73 Å². The first-order chi connectivity index (χ1) is 8.48. The molecule has 2 saturated carbocycles. The fraction of sp³-hybridized carbons (Fsp3) is 1.00. The highest BCUT2D eigenvalue weighted by atomic mass is 15.2. The second-order valence-electron chi connectivity index (χ2n) is 7.37. The van der Waals surface area contributed by atoms with Gasteiger partial charge in [0.25, 0.3) is 0 Å². The molecule has 0 heterocycles. The van der Waals surface area contributed by atoms with Crippen molar-refractivity contribution >= 4 is 0 Å². The molecule has 0 aliphatic heterocycles. The van der Waals surface area contributed by atoms with E-state index in [0.29, 0.717) is 5.54 Å². The Bertz CT molecular complexity index is 260. The summed E-state index contributed by atoms with van der Waals surface area (Å²) in [6.07, 6.45) is 8.22. The van der Waals surface area contributed by atoms with E-state index >= 15 is 0 Å². The normalized spacial score (nSPS) is 41.2. The number of rotatable bonds is 4. The van der Waals surface area contributed by atoms with Crippen molar-refractivity contribution in [3.8, 4) is 0 Å². The van der Waals surface area contributed by atoms with Crippen LogP contribution in [-0.2, 0) is 0 Å². The molecule has 0 saturated heterocycles. The number of hydrogen-bond acceptors (Lipinski definition) is 2. The highest BCUT2D eigenvalue weighted by Gasteiger charge is 2.48. The van der Waals surface area contributed by atoms with Crippen LogP contribution in [0.3, 0.4) is 0 Å². The molecule has 0 spiro atoms. The monoisotopic (exact) mass is 252 g/mol. The lowest BCUT2D eigenvalue weighted by atomic mass is 9.62. The molecule has 0 unspecified atom stereocenters. The van der Waals surface area contributed by atoms with Crippen molar-refractivity contribution < 1.29 is 0 Å². The fourth-order valence-corrected chi connectivity index (χ4v) is 4.00. The van der Waals surface area contributed by atoms with Crippen LogP contribution in [0.15, 0.2) is 0 Å². The van der Waals surface area contributed by atoms with Crippen LogP contribution in [0, 0.1) is 17.8 Å². The predicted octanol–water partition coefficient (Wildman–Crippen LogP) is 3.26. The maximum atomic E-state index is 6.12. The molecule has 2 rings (SSSR count). The maximum Gasteiger partial charge on any atom is 0.0337 e. The van der Waals surface area contributed by atoms with Crippen LogP contribution in [-0.4, -0.2) is 30.1 Å². The Balaban J connectivity index is 1.93. The summed E-state index contributed by atoms with van der Waals surface area (Å²) in [4.78, 5) is 2.66. The zero-order valence-corrected chi connectivity index (χ0v) is 12.8. The summed E-state index contributed by atoms with van der Waals surface area (Å²) in [6, 6.07) is 0.790. The van der Waals surface area contributed by atoms with Gasteiger partial charge in [0.05, 0.1) is 0 Å². The molecule has 2 heteroatoms. The third-order valence-electron chi connectivity index (χ3n) is 5.89. The van der Waals surface area contributed by atoms with Crippen LogP contribution in [0.2, 0.25) is 0 Å². The predicted molar refractivity (Wildman–Crippen MR) is 78.5 cm³/mol. The van der Waals surface area contributed by atoms with Crippen molar-refractivity contribution in [2.75, 3.05) is 13.6 Å². The van der Waals surface area contributed by atoms with E-state index in [-0.39, 0.29) is 0 Å². The number of nitrogens with zero attached hydrogens (tertiary/aromatic N) is 1. The summed E-state index contributed by atoms with van der Waals surface area (Å²) in [5.41, 5.74) is 6.46. The van der Waals surface area contributed by atoms with Crippen molar-refractivity contribution in [2.24, 2.45) is 23.5 Å². The van der Waals surface area contributed by atoms with Crippen molar-refractivity contribution in [3.63, 3.8) is 0 Å². The minimum absolute atomic E-state index is 0.334. The Morgan fingerprint density at radius 3 is 2.17 bits per heavy atom. The third kappa shape index (κ3) is 2.60. The van der Waals surface area contributed by atoms with Gasteiger partial charge in [-0.2, -0.15) is 0 Å². The molecule has 2 aliphatic rings. The van der Waals surface area contributed by atoms with E-state index in [1.807, 2.05) is 0 Å². The van der Waals surface area contributed by atoms with E-state index in [1.165, 1.54) is 38.5 Å². The zero-order valence-electron chi connectivity index (χ0n) is 12.8. The van der Waals surface area contributed by atoms with E-state index < -0.39 is 0 Å². The SMILES string of the molecule is CC1CCC(N(C)C2(CN)CC(C(C)C)C2)CC1. The summed E-state index contributed by atoms with van der Waals surface area (Å²) in [6.45, 7) is 7.95. The van der Waals surface area contributed by atoms with Gasteiger partial charge in [0.1, 0.15) is 0 Å². The van der Waals surface area contributed by atoms with E-state index in [1.54, 1.807) is 0 Å². The van der Waals surface area contributed by atoms with E-state index in [9.17, 15) is 0 Å². The molecule has 0 bridgehead atoms. The molecular weight excluding hydrogens is 220 g/mol. The molecular formula is C16H32N2. The van der Waals surface area contributed by atoms with Gasteiger partial charge in [0.2, 0.25) is 0 Å². The molecule has 18 heavy (non-hydrogen) atoms. The largest absolute Gasteiger partial charge is 0.329 e. The molecule has 0 amide bonds. The zero-order chi connectivity index (χ0) is 13.3. The van der Waals surface area contributed by atoms with Crippen LogP contribution in [0.5, 0.6) is 0 Å². The smallest absolute Gasteiger partial charge is 0.0337 e. The van der Waals surface area contributed by atoms with Gasteiger partial charge in [0, 0.05) is 18.1 Å².